The number of anilines is 2. The molecule has 0 fully saturated rings. The molecule has 3 aromatic carbocycles. The van der Waals surface area contributed by atoms with Crippen molar-refractivity contribution in [1.82, 2.24) is 0 Å². The SMILES string of the molecule is NC(=NCCS(=O)(=O)N1CCc2ccccc21)Nc1cccc(Oc2ccccc2)c1. The van der Waals surface area contributed by atoms with E-state index in [1.807, 2.05) is 72.8 Å². The number of benzene rings is 3. The summed E-state index contributed by atoms with van der Waals surface area (Å²) in [6.07, 6.45) is 0.726. The van der Waals surface area contributed by atoms with Crippen molar-refractivity contribution in [3.05, 3.63) is 84.4 Å². The molecule has 160 valence electrons. The first-order chi connectivity index (χ1) is 15.0. The Kier molecular flexibility index (Phi) is 6.08. The third-order valence-corrected chi connectivity index (χ3v) is 6.65. The van der Waals surface area contributed by atoms with Crippen LogP contribution in [-0.2, 0) is 16.4 Å². The van der Waals surface area contributed by atoms with Gasteiger partial charge in [0.15, 0.2) is 5.96 Å². The predicted octanol–water partition coefficient (Wildman–Crippen LogP) is 3.60. The molecule has 0 saturated carbocycles. The van der Waals surface area contributed by atoms with Gasteiger partial charge in [-0.05, 0) is 42.3 Å². The maximum absolute atomic E-state index is 12.7. The molecule has 8 heteroatoms. The molecule has 0 saturated heterocycles. The molecule has 1 heterocycles. The molecule has 7 nitrogen and oxygen atoms in total. The Morgan fingerprint density at radius 3 is 2.58 bits per heavy atom. The number of ether oxygens (including phenoxy) is 1. The maximum Gasteiger partial charge on any atom is 0.237 e. The van der Waals surface area contributed by atoms with E-state index in [-0.39, 0.29) is 18.3 Å². The van der Waals surface area contributed by atoms with E-state index in [1.165, 1.54) is 4.31 Å². The maximum atomic E-state index is 12.7. The number of hydrogen-bond donors (Lipinski definition) is 2. The Bertz CT molecular complexity index is 1180. The second-order valence-corrected chi connectivity index (χ2v) is 9.11. The van der Waals surface area contributed by atoms with Crippen LogP contribution in [0.2, 0.25) is 0 Å². The second kappa shape index (κ2) is 9.09. The molecule has 0 radical (unpaired) electrons. The highest BCUT2D eigenvalue weighted by Gasteiger charge is 2.28. The van der Waals surface area contributed by atoms with Crippen molar-refractivity contribution >= 4 is 27.4 Å². The number of hydrogen-bond acceptors (Lipinski definition) is 4. The molecule has 3 N–H and O–H groups in total. The molecular formula is C23H24N4O3S. The van der Waals surface area contributed by atoms with E-state index in [9.17, 15) is 8.42 Å². The molecule has 3 aromatic rings. The van der Waals surface area contributed by atoms with E-state index in [0.717, 1.165) is 23.4 Å². The van der Waals surface area contributed by atoms with Crippen LogP contribution in [0.1, 0.15) is 5.56 Å². The van der Waals surface area contributed by atoms with Crippen molar-refractivity contribution in [2.75, 3.05) is 28.5 Å². The molecular weight excluding hydrogens is 412 g/mol. The summed E-state index contributed by atoms with van der Waals surface area (Å²) in [6, 6.07) is 24.3. The fraction of sp³-hybridized carbons (Fsp3) is 0.174. The predicted molar refractivity (Wildman–Crippen MR) is 124 cm³/mol. The molecule has 0 aromatic heterocycles. The summed E-state index contributed by atoms with van der Waals surface area (Å²) in [5, 5.41) is 2.98. The number of sulfonamides is 1. The van der Waals surface area contributed by atoms with Gasteiger partial charge in [-0.3, -0.25) is 9.30 Å². The van der Waals surface area contributed by atoms with Gasteiger partial charge in [-0.2, -0.15) is 0 Å². The van der Waals surface area contributed by atoms with Crippen LogP contribution in [0.15, 0.2) is 83.9 Å². The number of nitrogens with two attached hydrogens (primary N) is 1. The number of rotatable bonds is 7. The third-order valence-electron chi connectivity index (χ3n) is 4.90. The van der Waals surface area contributed by atoms with Crippen LogP contribution in [0.4, 0.5) is 11.4 Å². The summed E-state index contributed by atoms with van der Waals surface area (Å²) in [5.74, 6) is 1.42. The Morgan fingerprint density at radius 1 is 1.00 bits per heavy atom. The van der Waals surface area contributed by atoms with Gasteiger partial charge < -0.3 is 15.8 Å². The van der Waals surface area contributed by atoms with Crippen LogP contribution in [0.5, 0.6) is 11.5 Å². The van der Waals surface area contributed by atoms with Crippen molar-refractivity contribution in [2.24, 2.45) is 10.7 Å². The molecule has 1 aliphatic heterocycles. The fourth-order valence-corrected chi connectivity index (χ4v) is 4.83. The molecule has 0 atom stereocenters. The fourth-order valence-electron chi connectivity index (χ4n) is 3.44. The summed E-state index contributed by atoms with van der Waals surface area (Å²) in [6.45, 7) is 0.535. The first-order valence-corrected chi connectivity index (χ1v) is 11.6. The lowest BCUT2D eigenvalue weighted by Gasteiger charge is -2.19. The normalized spacial score (nSPS) is 13.7. The zero-order valence-electron chi connectivity index (χ0n) is 16.9. The van der Waals surface area contributed by atoms with Crippen molar-refractivity contribution in [1.29, 1.82) is 0 Å². The zero-order chi connectivity index (χ0) is 21.7. The van der Waals surface area contributed by atoms with E-state index in [1.54, 1.807) is 6.07 Å². The summed E-state index contributed by atoms with van der Waals surface area (Å²) in [4.78, 5) is 4.18. The highest BCUT2D eigenvalue weighted by atomic mass is 32.2. The molecule has 0 amide bonds. The Morgan fingerprint density at radius 2 is 1.74 bits per heavy atom. The minimum atomic E-state index is -3.46. The van der Waals surface area contributed by atoms with E-state index in [0.29, 0.717) is 18.0 Å². The van der Waals surface area contributed by atoms with Gasteiger partial charge in [0.2, 0.25) is 10.0 Å². The van der Waals surface area contributed by atoms with Gasteiger partial charge in [-0.15, -0.1) is 0 Å². The van der Waals surface area contributed by atoms with Crippen LogP contribution in [0.3, 0.4) is 0 Å². The molecule has 0 bridgehead atoms. The highest BCUT2D eigenvalue weighted by molar-refractivity contribution is 7.92. The second-order valence-electron chi connectivity index (χ2n) is 7.10. The average Bonchev–Trinajstić information content (AvgIpc) is 3.20. The highest BCUT2D eigenvalue weighted by Crippen LogP contribution is 2.30. The lowest BCUT2D eigenvalue weighted by molar-refractivity contribution is 0.483. The number of guanidine groups is 1. The minimum Gasteiger partial charge on any atom is -0.457 e. The van der Waals surface area contributed by atoms with Crippen LogP contribution in [-0.4, -0.2) is 33.2 Å². The molecule has 0 unspecified atom stereocenters. The third kappa shape index (κ3) is 5.16. The van der Waals surface area contributed by atoms with Crippen molar-refractivity contribution in [2.45, 2.75) is 6.42 Å². The molecule has 1 aliphatic rings. The minimum absolute atomic E-state index is 0.0695. The Labute approximate surface area is 182 Å². The molecule has 0 aliphatic carbocycles. The van der Waals surface area contributed by atoms with Gasteiger partial charge in [0.25, 0.3) is 0 Å². The van der Waals surface area contributed by atoms with Crippen LogP contribution >= 0.6 is 0 Å². The zero-order valence-corrected chi connectivity index (χ0v) is 17.8. The first-order valence-electron chi connectivity index (χ1n) is 9.99. The van der Waals surface area contributed by atoms with E-state index in [2.05, 4.69) is 10.3 Å². The van der Waals surface area contributed by atoms with E-state index < -0.39 is 10.0 Å². The number of para-hydroxylation sites is 2. The summed E-state index contributed by atoms with van der Waals surface area (Å²) in [5.41, 5.74) is 8.46. The largest absolute Gasteiger partial charge is 0.457 e. The Balaban J connectivity index is 1.35. The number of nitrogens with zero attached hydrogens (tertiary/aromatic N) is 2. The molecule has 31 heavy (non-hydrogen) atoms. The lowest BCUT2D eigenvalue weighted by atomic mass is 10.2. The van der Waals surface area contributed by atoms with Gasteiger partial charge in [-0.25, -0.2) is 8.42 Å². The van der Waals surface area contributed by atoms with Crippen LogP contribution in [0, 0.1) is 0 Å². The van der Waals surface area contributed by atoms with Crippen molar-refractivity contribution in [3.8, 4) is 11.5 Å². The van der Waals surface area contributed by atoms with Crippen LogP contribution in [0.25, 0.3) is 0 Å². The number of aliphatic imine (C=N–C) groups is 1. The van der Waals surface area contributed by atoms with Gasteiger partial charge >= 0.3 is 0 Å². The first kappa shape index (κ1) is 20.7. The topological polar surface area (TPSA) is 97.0 Å². The van der Waals surface area contributed by atoms with Gasteiger partial charge in [-0.1, -0.05) is 42.5 Å². The van der Waals surface area contributed by atoms with Crippen molar-refractivity contribution in [3.63, 3.8) is 0 Å². The number of nitrogens with one attached hydrogen (secondary N) is 1. The van der Waals surface area contributed by atoms with Crippen LogP contribution < -0.4 is 20.1 Å². The number of fused-ring (bicyclic) bond motifs is 1. The summed E-state index contributed by atoms with van der Waals surface area (Å²) >= 11 is 0. The molecule has 4 rings (SSSR count). The van der Waals surface area contributed by atoms with Gasteiger partial charge in [0.05, 0.1) is 18.0 Å². The summed E-state index contributed by atoms with van der Waals surface area (Å²) in [7, 11) is -3.46. The van der Waals surface area contributed by atoms with Gasteiger partial charge in [0.1, 0.15) is 11.5 Å². The Hall–Kier alpha value is -3.52. The monoisotopic (exact) mass is 436 g/mol. The van der Waals surface area contributed by atoms with E-state index >= 15 is 0 Å². The van der Waals surface area contributed by atoms with Crippen molar-refractivity contribution < 1.29 is 13.2 Å². The standard InChI is InChI=1S/C23H24N4O3S/c24-23(26-19-8-6-11-21(17-19)30-20-9-2-1-3-10-20)25-14-16-31(28,29)27-15-13-18-7-4-5-12-22(18)27/h1-12,17H,13-16H2,(H3,24,25,26). The summed E-state index contributed by atoms with van der Waals surface area (Å²) < 4.78 is 32.7. The quantitative estimate of drug-likeness (QED) is 0.436. The smallest absolute Gasteiger partial charge is 0.237 e. The average molecular weight is 437 g/mol. The molecule has 0 spiro atoms. The lowest BCUT2D eigenvalue weighted by Crippen LogP contribution is -2.33. The van der Waals surface area contributed by atoms with Gasteiger partial charge in [0, 0.05) is 18.3 Å². The van der Waals surface area contributed by atoms with E-state index in [4.69, 9.17) is 10.5 Å².